The third-order valence-corrected chi connectivity index (χ3v) is 12.5. The van der Waals surface area contributed by atoms with Crippen LogP contribution in [0.3, 0.4) is 0 Å². The minimum Gasteiger partial charge on any atom is -0.309 e. The molecule has 12 rings (SSSR count). The van der Waals surface area contributed by atoms with E-state index in [4.69, 9.17) is 4.98 Å². The number of aromatic nitrogens is 3. The standard InChI is InChI=1S/C51H31N3S/c1-4-14-33(15-5-1)43-21-12-22-44(52-43)34-23-27-45-40(29-34)42-30-41-38-25-26-39-49-37-20-11-10-13-32(37)24-28-48(49)55-51(39)50(38)54(36-18-8-3-9-19-36)47(41)31-46(42)53(45)35-16-6-2-7-17-35/h1-31H. The summed E-state index contributed by atoms with van der Waals surface area (Å²) in [5.74, 6) is 0. The van der Waals surface area contributed by atoms with Gasteiger partial charge in [-0.1, -0.05) is 121 Å². The predicted octanol–water partition coefficient (Wildman–Crippen LogP) is 14.1. The van der Waals surface area contributed by atoms with Gasteiger partial charge in [0.05, 0.1) is 38.2 Å². The highest BCUT2D eigenvalue weighted by atomic mass is 32.1. The third-order valence-electron chi connectivity index (χ3n) is 11.3. The van der Waals surface area contributed by atoms with Crippen molar-refractivity contribution in [3.05, 3.63) is 188 Å². The SMILES string of the molecule is c1ccc(-c2cccc(-c3ccc4c(c3)c3cc5c6ccc7c(sc8ccc9ccccc9c87)c6n(-c6ccccc6)c5cc3n4-c3ccccc3)n2)cc1. The van der Waals surface area contributed by atoms with Crippen molar-refractivity contribution in [2.75, 3.05) is 0 Å². The van der Waals surface area contributed by atoms with Crippen LogP contribution in [0.2, 0.25) is 0 Å². The Hall–Kier alpha value is -7.01. The molecule has 0 spiro atoms. The Bertz CT molecular complexity index is 3460. The molecule has 4 heterocycles. The van der Waals surface area contributed by atoms with E-state index in [9.17, 15) is 0 Å². The molecule has 8 aromatic carbocycles. The molecule has 0 bridgehead atoms. The molecule has 0 unspecified atom stereocenters. The zero-order valence-electron chi connectivity index (χ0n) is 29.6. The van der Waals surface area contributed by atoms with Gasteiger partial charge in [-0.15, -0.1) is 11.3 Å². The van der Waals surface area contributed by atoms with Crippen LogP contribution in [0.15, 0.2) is 188 Å². The van der Waals surface area contributed by atoms with Crippen molar-refractivity contribution in [1.82, 2.24) is 14.1 Å². The highest BCUT2D eigenvalue weighted by Crippen LogP contribution is 2.47. The normalized spacial score (nSPS) is 12.0. The minimum absolute atomic E-state index is 0.963. The number of pyridine rings is 1. The summed E-state index contributed by atoms with van der Waals surface area (Å²) in [4.78, 5) is 5.15. The fraction of sp³-hybridized carbons (Fsp3) is 0. The van der Waals surface area contributed by atoms with Gasteiger partial charge in [0.1, 0.15) is 0 Å². The molecule has 0 N–H and O–H groups in total. The number of benzene rings is 8. The molecular weight excluding hydrogens is 687 g/mol. The van der Waals surface area contributed by atoms with E-state index in [2.05, 4.69) is 191 Å². The second kappa shape index (κ2) is 11.7. The lowest BCUT2D eigenvalue weighted by molar-refractivity contribution is 1.17. The van der Waals surface area contributed by atoms with Crippen LogP contribution in [0.25, 0.3) is 108 Å². The molecule has 256 valence electrons. The number of fused-ring (bicyclic) bond motifs is 12. The first-order chi connectivity index (χ1) is 27.3. The van der Waals surface area contributed by atoms with E-state index in [-0.39, 0.29) is 0 Å². The summed E-state index contributed by atoms with van der Waals surface area (Å²) in [5.41, 5.74) is 11.3. The van der Waals surface area contributed by atoms with E-state index < -0.39 is 0 Å². The van der Waals surface area contributed by atoms with Gasteiger partial charge >= 0.3 is 0 Å². The Kier molecular flexibility index (Phi) is 6.50. The summed E-state index contributed by atoms with van der Waals surface area (Å²) in [6.45, 7) is 0. The van der Waals surface area contributed by atoms with Crippen LogP contribution < -0.4 is 0 Å². The first kappa shape index (κ1) is 30.5. The molecule has 0 saturated carbocycles. The van der Waals surface area contributed by atoms with Crippen molar-refractivity contribution < 1.29 is 0 Å². The zero-order chi connectivity index (χ0) is 36.0. The minimum atomic E-state index is 0.963. The van der Waals surface area contributed by atoms with Gasteiger partial charge in [0.2, 0.25) is 0 Å². The largest absolute Gasteiger partial charge is 0.309 e. The molecule has 12 aromatic rings. The number of hydrogen-bond acceptors (Lipinski definition) is 2. The molecular formula is C51H31N3S. The molecule has 0 aliphatic carbocycles. The Labute approximate surface area is 320 Å². The second-order valence-electron chi connectivity index (χ2n) is 14.3. The number of thiophene rings is 1. The fourth-order valence-electron chi connectivity index (χ4n) is 8.84. The molecule has 3 nitrogen and oxygen atoms in total. The average molecular weight is 718 g/mol. The summed E-state index contributed by atoms with van der Waals surface area (Å²) in [5, 5.41) is 10.2. The summed E-state index contributed by atoms with van der Waals surface area (Å²) in [6.07, 6.45) is 0. The first-order valence-electron chi connectivity index (χ1n) is 18.7. The van der Waals surface area contributed by atoms with E-state index in [0.29, 0.717) is 0 Å². The summed E-state index contributed by atoms with van der Waals surface area (Å²) in [6, 6.07) is 68.1. The van der Waals surface area contributed by atoms with Crippen LogP contribution in [0.5, 0.6) is 0 Å². The van der Waals surface area contributed by atoms with Crippen molar-refractivity contribution in [3.63, 3.8) is 0 Å². The van der Waals surface area contributed by atoms with Crippen molar-refractivity contribution in [2.24, 2.45) is 0 Å². The quantitative estimate of drug-likeness (QED) is 0.178. The third kappa shape index (κ3) is 4.52. The van der Waals surface area contributed by atoms with Gasteiger partial charge in [-0.25, -0.2) is 4.98 Å². The van der Waals surface area contributed by atoms with E-state index in [1.165, 1.54) is 74.6 Å². The topological polar surface area (TPSA) is 22.8 Å². The molecule has 0 aliphatic rings. The molecule has 0 amide bonds. The molecule has 0 radical (unpaired) electrons. The van der Waals surface area contributed by atoms with Gasteiger partial charge in [0.25, 0.3) is 0 Å². The Morgan fingerprint density at radius 2 is 1.02 bits per heavy atom. The lowest BCUT2D eigenvalue weighted by Crippen LogP contribution is -1.95. The first-order valence-corrected chi connectivity index (χ1v) is 19.5. The smallest absolute Gasteiger partial charge is 0.0719 e. The van der Waals surface area contributed by atoms with Crippen LogP contribution >= 0.6 is 11.3 Å². The lowest BCUT2D eigenvalue weighted by Gasteiger charge is -2.10. The number of nitrogens with zero attached hydrogens (tertiary/aromatic N) is 3. The molecule has 0 aliphatic heterocycles. The Morgan fingerprint density at radius 1 is 0.382 bits per heavy atom. The molecule has 55 heavy (non-hydrogen) atoms. The Balaban J connectivity index is 1.19. The van der Waals surface area contributed by atoms with Crippen LogP contribution in [0, 0.1) is 0 Å². The fourth-order valence-corrected chi connectivity index (χ4v) is 10.1. The van der Waals surface area contributed by atoms with Gasteiger partial charge in [-0.3, -0.25) is 0 Å². The highest BCUT2D eigenvalue weighted by Gasteiger charge is 2.22. The predicted molar refractivity (Wildman–Crippen MR) is 234 cm³/mol. The van der Waals surface area contributed by atoms with Gasteiger partial charge in [-0.2, -0.15) is 0 Å². The van der Waals surface area contributed by atoms with Gasteiger partial charge in [-0.05, 0) is 77.5 Å². The van der Waals surface area contributed by atoms with E-state index in [1.54, 1.807) is 0 Å². The van der Waals surface area contributed by atoms with E-state index in [0.717, 1.165) is 33.9 Å². The van der Waals surface area contributed by atoms with E-state index >= 15 is 0 Å². The molecule has 4 aromatic heterocycles. The molecule has 0 fully saturated rings. The summed E-state index contributed by atoms with van der Waals surface area (Å²) < 4.78 is 7.56. The summed E-state index contributed by atoms with van der Waals surface area (Å²) in [7, 11) is 0. The van der Waals surface area contributed by atoms with Gasteiger partial charge < -0.3 is 9.13 Å². The Morgan fingerprint density at radius 3 is 1.82 bits per heavy atom. The van der Waals surface area contributed by atoms with Crippen LogP contribution in [-0.4, -0.2) is 14.1 Å². The average Bonchev–Trinajstić information content (AvgIpc) is 3.91. The number of para-hydroxylation sites is 2. The van der Waals surface area contributed by atoms with Crippen LogP contribution in [0.4, 0.5) is 0 Å². The second-order valence-corrected chi connectivity index (χ2v) is 15.4. The maximum atomic E-state index is 5.15. The maximum absolute atomic E-state index is 5.15. The monoisotopic (exact) mass is 717 g/mol. The number of hydrogen-bond donors (Lipinski definition) is 0. The molecule has 0 atom stereocenters. The van der Waals surface area contributed by atoms with Crippen molar-refractivity contribution in [2.45, 2.75) is 0 Å². The van der Waals surface area contributed by atoms with E-state index in [1.807, 2.05) is 17.4 Å². The van der Waals surface area contributed by atoms with Gasteiger partial charge in [0.15, 0.2) is 0 Å². The highest BCUT2D eigenvalue weighted by molar-refractivity contribution is 7.26. The van der Waals surface area contributed by atoms with Crippen molar-refractivity contribution in [3.8, 4) is 33.9 Å². The summed E-state index contributed by atoms with van der Waals surface area (Å²) >= 11 is 1.91. The maximum Gasteiger partial charge on any atom is 0.0719 e. The van der Waals surface area contributed by atoms with Gasteiger partial charge in [0, 0.05) is 59.5 Å². The van der Waals surface area contributed by atoms with Crippen LogP contribution in [-0.2, 0) is 0 Å². The molecule has 4 heteroatoms. The lowest BCUT2D eigenvalue weighted by atomic mass is 10.0. The zero-order valence-corrected chi connectivity index (χ0v) is 30.5. The number of rotatable bonds is 4. The van der Waals surface area contributed by atoms with Crippen molar-refractivity contribution in [1.29, 1.82) is 0 Å². The molecule has 0 saturated heterocycles. The van der Waals surface area contributed by atoms with Crippen LogP contribution in [0.1, 0.15) is 0 Å². The van der Waals surface area contributed by atoms with Crippen molar-refractivity contribution >= 4 is 85.9 Å².